The molecular formula is C13H25N3O3. The molecule has 0 spiro atoms. The molecule has 19 heavy (non-hydrogen) atoms. The van der Waals surface area contributed by atoms with Crippen molar-refractivity contribution in [3.8, 4) is 0 Å². The zero-order chi connectivity index (χ0) is 14.3. The first-order valence-electron chi connectivity index (χ1n) is 6.92. The summed E-state index contributed by atoms with van der Waals surface area (Å²) in [5.41, 5.74) is 0. The molecule has 0 aromatic carbocycles. The first-order chi connectivity index (χ1) is 8.97. The van der Waals surface area contributed by atoms with Crippen molar-refractivity contribution in [3.63, 3.8) is 0 Å². The van der Waals surface area contributed by atoms with Gasteiger partial charge in [0.05, 0.1) is 0 Å². The number of hydrogen-bond donors (Lipinski definition) is 3. The van der Waals surface area contributed by atoms with Gasteiger partial charge in [-0.2, -0.15) is 0 Å². The van der Waals surface area contributed by atoms with E-state index in [0.717, 1.165) is 19.5 Å². The Morgan fingerprint density at radius 1 is 1.47 bits per heavy atom. The van der Waals surface area contributed by atoms with Gasteiger partial charge in [-0.3, -0.25) is 4.79 Å². The summed E-state index contributed by atoms with van der Waals surface area (Å²) in [4.78, 5) is 24.3. The first kappa shape index (κ1) is 15.8. The van der Waals surface area contributed by atoms with E-state index in [1.807, 2.05) is 6.92 Å². The number of urea groups is 1. The van der Waals surface area contributed by atoms with Crippen LogP contribution in [0.2, 0.25) is 0 Å². The number of amides is 2. The van der Waals surface area contributed by atoms with Crippen LogP contribution in [0.25, 0.3) is 0 Å². The lowest BCUT2D eigenvalue weighted by Crippen LogP contribution is -2.42. The van der Waals surface area contributed by atoms with Gasteiger partial charge in [0.25, 0.3) is 0 Å². The normalized spacial score (nSPS) is 21.1. The van der Waals surface area contributed by atoms with E-state index >= 15 is 0 Å². The number of nitrogens with one attached hydrogen (secondary N) is 2. The molecule has 3 N–H and O–H groups in total. The Balaban J connectivity index is 2.07. The monoisotopic (exact) mass is 271 g/mol. The zero-order valence-electron chi connectivity index (χ0n) is 11.8. The van der Waals surface area contributed by atoms with Gasteiger partial charge in [-0.05, 0) is 45.7 Å². The fourth-order valence-electron chi connectivity index (χ4n) is 2.34. The molecule has 1 heterocycles. The molecule has 110 valence electrons. The summed E-state index contributed by atoms with van der Waals surface area (Å²) in [5, 5.41) is 14.2. The molecule has 0 aromatic heterocycles. The van der Waals surface area contributed by atoms with Crippen molar-refractivity contribution in [2.75, 3.05) is 26.7 Å². The highest BCUT2D eigenvalue weighted by atomic mass is 16.4. The summed E-state index contributed by atoms with van der Waals surface area (Å²) in [5.74, 6) is -0.250. The largest absolute Gasteiger partial charge is 0.481 e. The van der Waals surface area contributed by atoms with Crippen molar-refractivity contribution < 1.29 is 14.7 Å². The van der Waals surface area contributed by atoms with E-state index in [-0.39, 0.29) is 18.5 Å². The Labute approximate surface area is 114 Å². The number of nitrogens with zero attached hydrogens (tertiary/aromatic N) is 1. The van der Waals surface area contributed by atoms with E-state index in [2.05, 4.69) is 22.6 Å². The summed E-state index contributed by atoms with van der Waals surface area (Å²) in [7, 11) is 2.09. The maximum Gasteiger partial charge on any atom is 0.315 e. The average Bonchev–Trinajstić information content (AvgIpc) is 2.72. The quantitative estimate of drug-likeness (QED) is 0.642. The predicted octanol–water partition coefficient (Wildman–Crippen LogP) is 0.881. The molecule has 6 nitrogen and oxygen atoms in total. The van der Waals surface area contributed by atoms with E-state index in [0.29, 0.717) is 25.3 Å². The average molecular weight is 271 g/mol. The number of carbonyl (C=O) groups excluding carboxylic acids is 1. The van der Waals surface area contributed by atoms with E-state index in [4.69, 9.17) is 5.11 Å². The molecule has 6 heteroatoms. The summed E-state index contributed by atoms with van der Waals surface area (Å²) >= 11 is 0. The second-order valence-electron chi connectivity index (χ2n) is 5.46. The van der Waals surface area contributed by atoms with Gasteiger partial charge in [-0.1, -0.05) is 0 Å². The van der Waals surface area contributed by atoms with Crippen LogP contribution in [0.5, 0.6) is 0 Å². The summed E-state index contributed by atoms with van der Waals surface area (Å²) < 4.78 is 0. The molecular weight excluding hydrogens is 246 g/mol. The second kappa shape index (κ2) is 7.99. The third kappa shape index (κ3) is 7.00. The number of carboxylic acids is 1. The standard InChI is InChI=1S/C13H25N3O3/c1-10(4-3-5-12(17)18)15-13(19)14-8-11-6-7-16(2)9-11/h10-11H,3-9H2,1-2H3,(H,17,18)(H2,14,15,19). The Morgan fingerprint density at radius 3 is 2.79 bits per heavy atom. The highest BCUT2D eigenvalue weighted by Gasteiger charge is 2.19. The topological polar surface area (TPSA) is 81.7 Å². The molecule has 2 unspecified atom stereocenters. The summed E-state index contributed by atoms with van der Waals surface area (Å²) in [6.07, 6.45) is 2.56. The fraction of sp³-hybridized carbons (Fsp3) is 0.846. The molecule has 0 aromatic rings. The number of likely N-dealkylation sites (tertiary alicyclic amines) is 1. The van der Waals surface area contributed by atoms with Gasteiger partial charge in [0.15, 0.2) is 0 Å². The summed E-state index contributed by atoms with van der Waals surface area (Å²) in [6, 6.07) is -0.150. The van der Waals surface area contributed by atoms with Crippen molar-refractivity contribution >= 4 is 12.0 Å². The molecule has 2 atom stereocenters. The zero-order valence-corrected chi connectivity index (χ0v) is 11.8. The third-order valence-electron chi connectivity index (χ3n) is 3.45. The van der Waals surface area contributed by atoms with Crippen LogP contribution in [0, 0.1) is 5.92 Å². The molecule has 0 aliphatic carbocycles. The first-order valence-corrected chi connectivity index (χ1v) is 6.92. The van der Waals surface area contributed by atoms with Crippen LogP contribution in [-0.2, 0) is 4.79 Å². The minimum atomic E-state index is -0.790. The van der Waals surface area contributed by atoms with Crippen molar-refractivity contribution in [2.45, 2.75) is 38.6 Å². The molecule has 0 saturated carbocycles. The van der Waals surface area contributed by atoms with Crippen molar-refractivity contribution in [3.05, 3.63) is 0 Å². The van der Waals surface area contributed by atoms with Gasteiger partial charge < -0.3 is 20.6 Å². The van der Waals surface area contributed by atoms with Gasteiger partial charge in [-0.25, -0.2) is 4.79 Å². The molecule has 1 fully saturated rings. The Kier molecular flexibility index (Phi) is 6.62. The highest BCUT2D eigenvalue weighted by Crippen LogP contribution is 2.12. The molecule has 0 bridgehead atoms. The van der Waals surface area contributed by atoms with E-state index < -0.39 is 5.97 Å². The lowest BCUT2D eigenvalue weighted by molar-refractivity contribution is -0.137. The number of aliphatic carboxylic acids is 1. The minimum Gasteiger partial charge on any atom is -0.481 e. The van der Waals surface area contributed by atoms with Crippen molar-refractivity contribution in [1.29, 1.82) is 0 Å². The summed E-state index contributed by atoms with van der Waals surface area (Å²) in [6.45, 7) is 4.73. The molecule has 2 amide bonds. The fourth-order valence-corrected chi connectivity index (χ4v) is 2.34. The van der Waals surface area contributed by atoms with Crippen LogP contribution in [0.15, 0.2) is 0 Å². The number of hydrogen-bond acceptors (Lipinski definition) is 3. The predicted molar refractivity (Wildman–Crippen MR) is 73.1 cm³/mol. The minimum absolute atomic E-state index is 0.00519. The van der Waals surface area contributed by atoms with E-state index in [9.17, 15) is 9.59 Å². The van der Waals surface area contributed by atoms with Gasteiger partial charge in [0.2, 0.25) is 0 Å². The molecule has 1 aliphatic heterocycles. The lowest BCUT2D eigenvalue weighted by atomic mass is 10.1. The Hall–Kier alpha value is -1.30. The van der Waals surface area contributed by atoms with Gasteiger partial charge in [0.1, 0.15) is 0 Å². The highest BCUT2D eigenvalue weighted by molar-refractivity contribution is 5.74. The molecule has 1 saturated heterocycles. The maximum atomic E-state index is 11.6. The van der Waals surface area contributed by atoms with E-state index in [1.54, 1.807) is 0 Å². The smallest absolute Gasteiger partial charge is 0.315 e. The van der Waals surface area contributed by atoms with Crippen LogP contribution < -0.4 is 10.6 Å². The number of carboxylic acid groups (broad SMARTS) is 1. The van der Waals surface area contributed by atoms with Crippen LogP contribution in [0.4, 0.5) is 4.79 Å². The molecule has 1 rings (SSSR count). The molecule has 0 radical (unpaired) electrons. The number of rotatable bonds is 7. The molecule has 1 aliphatic rings. The van der Waals surface area contributed by atoms with Crippen LogP contribution >= 0.6 is 0 Å². The Morgan fingerprint density at radius 2 is 2.21 bits per heavy atom. The lowest BCUT2D eigenvalue weighted by Gasteiger charge is -2.16. The maximum absolute atomic E-state index is 11.6. The van der Waals surface area contributed by atoms with Crippen molar-refractivity contribution in [1.82, 2.24) is 15.5 Å². The van der Waals surface area contributed by atoms with Gasteiger partial charge >= 0.3 is 12.0 Å². The third-order valence-corrected chi connectivity index (χ3v) is 3.45. The number of carbonyl (C=O) groups is 2. The second-order valence-corrected chi connectivity index (χ2v) is 5.46. The SMILES string of the molecule is CC(CCCC(=O)O)NC(=O)NCC1CCN(C)C1. The van der Waals surface area contributed by atoms with Gasteiger partial charge in [-0.15, -0.1) is 0 Å². The van der Waals surface area contributed by atoms with Crippen LogP contribution in [0.1, 0.15) is 32.6 Å². The van der Waals surface area contributed by atoms with Crippen LogP contribution in [0.3, 0.4) is 0 Å². The van der Waals surface area contributed by atoms with Crippen molar-refractivity contribution in [2.24, 2.45) is 5.92 Å². The van der Waals surface area contributed by atoms with Crippen LogP contribution in [-0.4, -0.2) is 54.7 Å². The van der Waals surface area contributed by atoms with Gasteiger partial charge in [0, 0.05) is 25.6 Å². The Bertz CT molecular complexity index is 310. The van der Waals surface area contributed by atoms with E-state index in [1.165, 1.54) is 0 Å².